The van der Waals surface area contributed by atoms with Gasteiger partial charge in [0.25, 0.3) is 0 Å². The molecule has 9 nitrogen and oxygen atoms in total. The van der Waals surface area contributed by atoms with Crippen LogP contribution in [0.2, 0.25) is 0 Å². The van der Waals surface area contributed by atoms with E-state index in [0.717, 1.165) is 30.5 Å². The van der Waals surface area contributed by atoms with E-state index >= 15 is 4.39 Å². The summed E-state index contributed by atoms with van der Waals surface area (Å²) in [6.07, 6.45) is 5.85. The van der Waals surface area contributed by atoms with Gasteiger partial charge >= 0.3 is 6.03 Å². The molecule has 178 valence electrons. The third kappa shape index (κ3) is 3.94. The molecule has 34 heavy (non-hydrogen) atoms. The largest absolute Gasteiger partial charge is 0.474 e. The van der Waals surface area contributed by atoms with Crippen LogP contribution in [0.3, 0.4) is 0 Å². The summed E-state index contributed by atoms with van der Waals surface area (Å²) in [7, 11) is 1.65. The maximum absolute atomic E-state index is 15.3. The lowest BCUT2D eigenvalue weighted by Crippen LogP contribution is -2.43. The van der Waals surface area contributed by atoms with Crippen LogP contribution in [0.5, 0.6) is 5.88 Å². The van der Waals surface area contributed by atoms with Gasteiger partial charge in [0.2, 0.25) is 5.88 Å². The fraction of sp³-hybridized carbons (Fsp3) is 0.375. The fourth-order valence-electron chi connectivity index (χ4n) is 4.75. The number of carbonyl (C=O) groups excluding carboxylic acids is 1. The van der Waals surface area contributed by atoms with E-state index in [1.807, 2.05) is 6.92 Å². The maximum Gasteiger partial charge on any atom is 0.320 e. The number of pyridine rings is 2. The van der Waals surface area contributed by atoms with Gasteiger partial charge in [-0.1, -0.05) is 0 Å². The Balaban J connectivity index is 1.46. The molecular weight excluding hydrogens is 439 g/mol. The highest BCUT2D eigenvalue weighted by Crippen LogP contribution is 2.39. The molecule has 0 bridgehead atoms. The molecule has 1 saturated carbocycles. The number of fused-ring (bicyclic) bond motifs is 2. The monoisotopic (exact) mass is 466 g/mol. The SMILES string of the molecule is CO[C@H]1CCC[C@@H]1NC(=O)Nc1cc2cc(-c3cnc4c(c3C)NCCO4)c(F)c(N)c2cn1. The lowest BCUT2D eigenvalue weighted by molar-refractivity contribution is 0.0882. The number of hydrogen-bond acceptors (Lipinski definition) is 7. The first-order valence-electron chi connectivity index (χ1n) is 11.3. The predicted molar refractivity (Wildman–Crippen MR) is 129 cm³/mol. The van der Waals surface area contributed by atoms with Crippen molar-refractivity contribution in [1.82, 2.24) is 15.3 Å². The van der Waals surface area contributed by atoms with Crippen LogP contribution in [0, 0.1) is 12.7 Å². The van der Waals surface area contributed by atoms with Gasteiger partial charge in [-0.05, 0) is 49.3 Å². The molecule has 2 atom stereocenters. The highest BCUT2D eigenvalue weighted by Gasteiger charge is 2.28. The molecule has 0 saturated heterocycles. The van der Waals surface area contributed by atoms with Gasteiger partial charge in [0.05, 0.1) is 17.8 Å². The molecule has 1 aliphatic heterocycles. The number of urea groups is 1. The molecule has 5 rings (SSSR count). The topological polar surface area (TPSA) is 123 Å². The van der Waals surface area contributed by atoms with Crippen LogP contribution in [-0.4, -0.2) is 48.4 Å². The Kier molecular flexibility index (Phi) is 5.82. The van der Waals surface area contributed by atoms with Gasteiger partial charge in [-0.2, -0.15) is 0 Å². The number of halogens is 1. The van der Waals surface area contributed by atoms with Crippen LogP contribution in [0.4, 0.5) is 26.4 Å². The first kappa shape index (κ1) is 22.1. The second-order valence-corrected chi connectivity index (χ2v) is 8.60. The van der Waals surface area contributed by atoms with Crippen molar-refractivity contribution in [1.29, 1.82) is 0 Å². The third-order valence-electron chi connectivity index (χ3n) is 6.55. The molecule has 1 fully saturated rings. The Morgan fingerprint density at radius 3 is 2.94 bits per heavy atom. The second kappa shape index (κ2) is 8.94. The summed E-state index contributed by atoms with van der Waals surface area (Å²) in [5, 5.41) is 10.1. The summed E-state index contributed by atoms with van der Waals surface area (Å²) in [6.45, 7) is 3.06. The minimum atomic E-state index is -0.541. The van der Waals surface area contributed by atoms with Crippen LogP contribution < -0.4 is 26.4 Å². The molecule has 2 amide bonds. The second-order valence-electron chi connectivity index (χ2n) is 8.60. The van der Waals surface area contributed by atoms with Crippen LogP contribution in [0.1, 0.15) is 24.8 Å². The molecule has 3 heterocycles. The zero-order valence-corrected chi connectivity index (χ0v) is 19.1. The summed E-state index contributed by atoms with van der Waals surface area (Å²) in [4.78, 5) is 21.1. The highest BCUT2D eigenvalue weighted by molar-refractivity contribution is 6.00. The van der Waals surface area contributed by atoms with E-state index in [1.54, 1.807) is 25.4 Å². The fourth-order valence-corrected chi connectivity index (χ4v) is 4.75. The van der Waals surface area contributed by atoms with E-state index < -0.39 is 5.82 Å². The van der Waals surface area contributed by atoms with E-state index in [9.17, 15) is 4.79 Å². The number of nitrogens with two attached hydrogens (primary N) is 1. The van der Waals surface area contributed by atoms with Gasteiger partial charge < -0.3 is 25.8 Å². The van der Waals surface area contributed by atoms with Crippen molar-refractivity contribution in [2.45, 2.75) is 38.3 Å². The molecule has 2 aromatic heterocycles. The molecule has 1 aliphatic carbocycles. The number of aromatic nitrogens is 2. The first-order valence-corrected chi connectivity index (χ1v) is 11.3. The van der Waals surface area contributed by atoms with E-state index in [1.165, 1.54) is 6.20 Å². The molecule has 10 heteroatoms. The van der Waals surface area contributed by atoms with Gasteiger partial charge in [0.15, 0.2) is 5.82 Å². The Morgan fingerprint density at radius 2 is 2.12 bits per heavy atom. The molecule has 1 aromatic carbocycles. The summed E-state index contributed by atoms with van der Waals surface area (Å²) in [6, 6.07) is 2.97. The summed E-state index contributed by atoms with van der Waals surface area (Å²) in [5.41, 5.74) is 8.63. The normalized spacial score (nSPS) is 19.3. The molecule has 0 spiro atoms. The van der Waals surface area contributed by atoms with Gasteiger partial charge in [0.1, 0.15) is 18.1 Å². The Bertz CT molecular complexity index is 1270. The lowest BCUT2D eigenvalue weighted by Gasteiger charge is -2.22. The Labute approximate surface area is 196 Å². The van der Waals surface area contributed by atoms with Crippen LogP contribution in [0.15, 0.2) is 24.5 Å². The number of hydrogen-bond donors (Lipinski definition) is 4. The van der Waals surface area contributed by atoms with Crippen molar-refractivity contribution in [3.05, 3.63) is 35.9 Å². The number of amides is 2. The Hall–Kier alpha value is -3.66. The zero-order chi connectivity index (χ0) is 23.8. The van der Waals surface area contributed by atoms with E-state index in [2.05, 4.69) is 25.9 Å². The van der Waals surface area contributed by atoms with Crippen molar-refractivity contribution in [3.63, 3.8) is 0 Å². The predicted octanol–water partition coefficient (Wildman–Crippen LogP) is 3.82. The van der Waals surface area contributed by atoms with E-state index in [4.69, 9.17) is 15.2 Å². The molecule has 0 radical (unpaired) electrons. The maximum atomic E-state index is 15.3. The molecular formula is C24H27FN6O3. The number of benzene rings is 1. The molecule has 2 aliphatic rings. The number of rotatable bonds is 4. The summed E-state index contributed by atoms with van der Waals surface area (Å²) >= 11 is 0. The van der Waals surface area contributed by atoms with Gasteiger partial charge in [0, 0.05) is 42.6 Å². The number of carbonyl (C=O) groups is 1. The number of nitrogens with one attached hydrogen (secondary N) is 3. The standard InChI is InChI=1S/C24H27FN6O3/c1-12-15(10-29-23-22(12)27-6-7-34-23)14-8-13-9-19(28-11-16(13)21(26)20(14)25)31-24(32)30-17-4-3-5-18(17)33-2/h8-11,17-18,27H,3-7,26H2,1-2H3,(H2,28,30,31,32)/t17-,18-/m0/s1. The Morgan fingerprint density at radius 1 is 1.26 bits per heavy atom. The van der Waals surface area contributed by atoms with Crippen molar-refractivity contribution < 1.29 is 18.7 Å². The average molecular weight is 467 g/mol. The van der Waals surface area contributed by atoms with Crippen molar-refractivity contribution >= 4 is 34.0 Å². The molecule has 5 N–H and O–H groups in total. The molecule has 3 aromatic rings. The van der Waals surface area contributed by atoms with Crippen LogP contribution in [-0.2, 0) is 4.74 Å². The average Bonchev–Trinajstić information content (AvgIpc) is 3.29. The number of anilines is 3. The van der Waals surface area contributed by atoms with Crippen LogP contribution >= 0.6 is 0 Å². The number of nitrogens with zero attached hydrogens (tertiary/aromatic N) is 2. The van der Waals surface area contributed by atoms with Crippen molar-refractivity contribution in [3.8, 4) is 17.0 Å². The van der Waals surface area contributed by atoms with Crippen LogP contribution in [0.25, 0.3) is 21.9 Å². The van der Waals surface area contributed by atoms with Gasteiger partial charge in [-0.25, -0.2) is 19.2 Å². The zero-order valence-electron chi connectivity index (χ0n) is 19.1. The summed E-state index contributed by atoms with van der Waals surface area (Å²) < 4.78 is 26.3. The lowest BCUT2D eigenvalue weighted by atomic mass is 9.97. The van der Waals surface area contributed by atoms with E-state index in [-0.39, 0.29) is 23.9 Å². The van der Waals surface area contributed by atoms with Crippen molar-refractivity contribution in [2.24, 2.45) is 0 Å². The summed E-state index contributed by atoms with van der Waals surface area (Å²) in [5.74, 6) is 0.298. The van der Waals surface area contributed by atoms with Gasteiger partial charge in [-0.3, -0.25) is 5.32 Å². The number of ether oxygens (including phenoxy) is 2. The minimum absolute atomic E-state index is 0.00813. The first-order chi connectivity index (χ1) is 16.5. The van der Waals surface area contributed by atoms with E-state index in [0.29, 0.717) is 46.7 Å². The third-order valence-corrected chi connectivity index (χ3v) is 6.55. The van der Waals surface area contributed by atoms with Crippen molar-refractivity contribution in [2.75, 3.05) is 36.6 Å². The number of methoxy groups -OCH3 is 1. The minimum Gasteiger partial charge on any atom is -0.474 e. The molecule has 0 unspecified atom stereocenters. The highest BCUT2D eigenvalue weighted by atomic mass is 19.1. The van der Waals surface area contributed by atoms with Gasteiger partial charge in [-0.15, -0.1) is 0 Å². The number of nitrogen functional groups attached to an aromatic ring is 1. The smallest absolute Gasteiger partial charge is 0.320 e. The quantitative estimate of drug-likeness (QED) is 0.431.